The fourth-order valence-electron chi connectivity index (χ4n) is 5.68. The number of carbonyl (C=O) groups excluding carboxylic acids is 3. The second-order valence-electron chi connectivity index (χ2n) is 11.7. The van der Waals surface area contributed by atoms with Crippen LogP contribution in [0.15, 0.2) is 47.6 Å². The van der Waals surface area contributed by atoms with Crippen molar-refractivity contribution in [3.05, 3.63) is 47.6 Å². The first-order valence-electron chi connectivity index (χ1n) is 15.1. The van der Waals surface area contributed by atoms with Crippen LogP contribution in [0.1, 0.15) is 78.6 Å². The lowest BCUT2D eigenvalue weighted by molar-refractivity contribution is -0.160. The van der Waals surface area contributed by atoms with Gasteiger partial charge in [-0.15, -0.1) is 0 Å². The zero-order valence-corrected chi connectivity index (χ0v) is 25.8. The average Bonchev–Trinajstić information content (AvgIpc) is 2.94. The van der Waals surface area contributed by atoms with E-state index in [2.05, 4.69) is 6.92 Å². The molecule has 3 aliphatic rings. The van der Waals surface area contributed by atoms with Crippen LogP contribution in [0.5, 0.6) is 0 Å². The molecule has 0 spiro atoms. The molecule has 0 amide bonds. The molecule has 0 aromatic carbocycles. The van der Waals surface area contributed by atoms with E-state index in [-0.39, 0.29) is 49.1 Å². The van der Waals surface area contributed by atoms with Crippen molar-refractivity contribution in [3.63, 3.8) is 0 Å². The minimum Gasteiger partial charge on any atom is -0.469 e. The SMILES string of the molecule is COC(=O)/C=C1\CC2CC(=O)OC(/C=C/C=C\C=C(/C)CC(=O)OC)C(C)OCC(C)CC3CCCC(CC(C1)O2)O3. The van der Waals surface area contributed by atoms with Crippen LogP contribution in [0, 0.1) is 5.92 Å². The molecule has 7 unspecified atom stereocenters. The maximum Gasteiger partial charge on any atom is 0.330 e. The number of allylic oxidation sites excluding steroid dienone is 4. The molecule has 0 aromatic heterocycles. The number of ether oxygens (including phenoxy) is 6. The minimum atomic E-state index is -0.609. The van der Waals surface area contributed by atoms with Gasteiger partial charge in [0.2, 0.25) is 0 Å². The third kappa shape index (κ3) is 11.9. The lowest BCUT2D eigenvalue weighted by atomic mass is 9.90. The van der Waals surface area contributed by atoms with Gasteiger partial charge in [0.1, 0.15) is 6.10 Å². The number of cyclic esters (lactones) is 1. The van der Waals surface area contributed by atoms with E-state index in [1.807, 2.05) is 38.2 Å². The van der Waals surface area contributed by atoms with E-state index in [1.54, 1.807) is 6.08 Å². The van der Waals surface area contributed by atoms with E-state index in [4.69, 9.17) is 28.4 Å². The molecule has 4 bridgehead atoms. The third-order valence-electron chi connectivity index (χ3n) is 7.84. The molecule has 234 valence electrons. The first-order valence-corrected chi connectivity index (χ1v) is 15.1. The summed E-state index contributed by atoms with van der Waals surface area (Å²) in [4.78, 5) is 36.6. The highest BCUT2D eigenvalue weighted by atomic mass is 16.6. The van der Waals surface area contributed by atoms with E-state index in [0.29, 0.717) is 25.9 Å². The topological polar surface area (TPSA) is 107 Å². The molecule has 0 aliphatic carbocycles. The number of fused-ring (bicyclic) bond motifs is 4. The van der Waals surface area contributed by atoms with Gasteiger partial charge in [-0.2, -0.15) is 0 Å². The Bertz CT molecular complexity index is 1030. The standard InChI is InChI=1S/C33H48O9/c1-22(15-31(34)37-4)10-7-6-8-13-30-24(3)39-21-23(2)14-26-11-9-12-27(40-26)19-28-16-25(18-32(35)38-5)17-29(41-28)20-33(36)42-30/h6-8,10,13,18,23-24,26-30H,9,11-12,14-17,19-21H2,1-5H3/b7-6-,13-8+,22-10+,25-18-. The highest BCUT2D eigenvalue weighted by Gasteiger charge is 2.33. The average molecular weight is 589 g/mol. The van der Waals surface area contributed by atoms with Crippen LogP contribution >= 0.6 is 0 Å². The smallest absolute Gasteiger partial charge is 0.330 e. The summed E-state index contributed by atoms with van der Waals surface area (Å²) in [6.45, 7) is 6.45. The van der Waals surface area contributed by atoms with Crippen molar-refractivity contribution in [1.82, 2.24) is 0 Å². The maximum atomic E-state index is 13.2. The van der Waals surface area contributed by atoms with Crippen molar-refractivity contribution in [2.45, 2.75) is 115 Å². The van der Waals surface area contributed by atoms with Gasteiger partial charge in [0.05, 0.1) is 57.6 Å². The van der Waals surface area contributed by atoms with Gasteiger partial charge in [-0.1, -0.05) is 42.4 Å². The molecule has 42 heavy (non-hydrogen) atoms. The summed E-state index contributed by atoms with van der Waals surface area (Å²) in [5.74, 6) is -0.814. The molecule has 0 saturated carbocycles. The van der Waals surface area contributed by atoms with Gasteiger partial charge >= 0.3 is 17.9 Å². The zero-order valence-electron chi connectivity index (χ0n) is 25.8. The molecule has 0 aromatic rings. The second kappa shape index (κ2) is 17.4. The number of carbonyl (C=O) groups is 3. The summed E-state index contributed by atoms with van der Waals surface area (Å²) in [5.41, 5.74) is 1.78. The van der Waals surface area contributed by atoms with Gasteiger partial charge in [-0.05, 0) is 64.4 Å². The van der Waals surface area contributed by atoms with E-state index in [9.17, 15) is 14.4 Å². The van der Waals surface area contributed by atoms with E-state index >= 15 is 0 Å². The van der Waals surface area contributed by atoms with Crippen molar-refractivity contribution >= 4 is 17.9 Å². The fourth-order valence-corrected chi connectivity index (χ4v) is 5.68. The molecule has 3 rings (SSSR count). The van der Waals surface area contributed by atoms with Crippen LogP contribution in [0.4, 0.5) is 0 Å². The zero-order chi connectivity index (χ0) is 30.5. The van der Waals surface area contributed by atoms with Gasteiger partial charge in [0, 0.05) is 19.1 Å². The van der Waals surface area contributed by atoms with Crippen molar-refractivity contribution in [3.8, 4) is 0 Å². The Morgan fingerprint density at radius 1 is 0.905 bits per heavy atom. The van der Waals surface area contributed by atoms with Gasteiger partial charge in [-0.3, -0.25) is 9.59 Å². The lowest BCUT2D eigenvalue weighted by Gasteiger charge is -2.37. The molecular formula is C33H48O9. The largest absolute Gasteiger partial charge is 0.469 e. The van der Waals surface area contributed by atoms with Crippen LogP contribution in [-0.2, 0) is 42.8 Å². The maximum absolute atomic E-state index is 13.2. The van der Waals surface area contributed by atoms with E-state index < -0.39 is 24.1 Å². The quantitative estimate of drug-likeness (QED) is 0.176. The molecule has 0 N–H and O–H groups in total. The summed E-state index contributed by atoms with van der Waals surface area (Å²) >= 11 is 0. The second-order valence-corrected chi connectivity index (χ2v) is 11.7. The normalized spacial score (nSPS) is 33.0. The van der Waals surface area contributed by atoms with Gasteiger partial charge in [0.15, 0.2) is 0 Å². The Labute approximate surface area is 250 Å². The number of esters is 3. The van der Waals surface area contributed by atoms with Gasteiger partial charge in [-0.25, -0.2) is 4.79 Å². The summed E-state index contributed by atoms with van der Waals surface area (Å²) < 4.78 is 34.5. The minimum absolute atomic E-state index is 0.0575. The molecule has 3 aliphatic heterocycles. The summed E-state index contributed by atoms with van der Waals surface area (Å²) in [6.07, 6.45) is 15.4. The summed E-state index contributed by atoms with van der Waals surface area (Å²) in [6, 6.07) is 0. The Morgan fingerprint density at radius 3 is 2.36 bits per heavy atom. The van der Waals surface area contributed by atoms with Crippen molar-refractivity contribution < 1.29 is 42.8 Å². The van der Waals surface area contributed by atoms with Crippen molar-refractivity contribution in [2.24, 2.45) is 5.92 Å². The van der Waals surface area contributed by atoms with E-state index in [0.717, 1.165) is 36.8 Å². The predicted octanol–water partition coefficient (Wildman–Crippen LogP) is 5.33. The van der Waals surface area contributed by atoms with Crippen LogP contribution < -0.4 is 0 Å². The van der Waals surface area contributed by atoms with Gasteiger partial charge < -0.3 is 28.4 Å². The number of hydrogen-bond donors (Lipinski definition) is 0. The Morgan fingerprint density at radius 2 is 1.62 bits per heavy atom. The molecule has 3 fully saturated rings. The third-order valence-corrected chi connectivity index (χ3v) is 7.84. The predicted molar refractivity (Wildman–Crippen MR) is 157 cm³/mol. The fraction of sp³-hybridized carbons (Fsp3) is 0.667. The Balaban J connectivity index is 1.76. The Hall–Kier alpha value is -2.75. The molecule has 3 heterocycles. The molecular weight excluding hydrogens is 540 g/mol. The van der Waals surface area contributed by atoms with Crippen molar-refractivity contribution in [1.29, 1.82) is 0 Å². The van der Waals surface area contributed by atoms with Crippen molar-refractivity contribution in [2.75, 3.05) is 20.8 Å². The van der Waals surface area contributed by atoms with Crippen LogP contribution in [0.3, 0.4) is 0 Å². The van der Waals surface area contributed by atoms with Crippen LogP contribution in [0.2, 0.25) is 0 Å². The molecule has 0 radical (unpaired) electrons. The molecule has 3 saturated heterocycles. The van der Waals surface area contributed by atoms with Gasteiger partial charge in [0.25, 0.3) is 0 Å². The van der Waals surface area contributed by atoms with Crippen LogP contribution in [0.25, 0.3) is 0 Å². The molecule has 9 heteroatoms. The summed E-state index contributed by atoms with van der Waals surface area (Å²) in [5, 5.41) is 0. The number of rotatable bonds is 6. The number of methoxy groups -OCH3 is 2. The number of hydrogen-bond acceptors (Lipinski definition) is 9. The Kier molecular flexibility index (Phi) is 14.0. The first kappa shape index (κ1) is 33.7. The molecule has 9 nitrogen and oxygen atoms in total. The first-order chi connectivity index (χ1) is 20.1. The lowest BCUT2D eigenvalue weighted by Crippen LogP contribution is -2.38. The molecule has 7 atom stereocenters. The highest BCUT2D eigenvalue weighted by Crippen LogP contribution is 2.33. The highest BCUT2D eigenvalue weighted by molar-refractivity contribution is 5.82. The summed E-state index contributed by atoms with van der Waals surface area (Å²) in [7, 11) is 2.72. The van der Waals surface area contributed by atoms with E-state index in [1.165, 1.54) is 20.3 Å². The van der Waals surface area contributed by atoms with Crippen LogP contribution in [-0.4, -0.2) is 75.4 Å². The monoisotopic (exact) mass is 588 g/mol.